The second-order valence-electron chi connectivity index (χ2n) is 4.95. The Hall–Kier alpha value is -2.61. The fourth-order valence-corrected chi connectivity index (χ4v) is 2.73. The van der Waals surface area contributed by atoms with Crippen LogP contribution < -0.4 is 10.1 Å². The minimum Gasteiger partial charge on any atom is -0.406 e. The van der Waals surface area contributed by atoms with Gasteiger partial charge in [0.1, 0.15) is 11.6 Å². The number of pyridine rings is 1. The van der Waals surface area contributed by atoms with Crippen molar-refractivity contribution in [1.82, 2.24) is 9.97 Å². The quantitative estimate of drug-likeness (QED) is 0.706. The average molecular weight is 351 g/mol. The van der Waals surface area contributed by atoms with Gasteiger partial charge in [-0.3, -0.25) is 0 Å². The number of nitrogens with one attached hydrogen (secondary N) is 1. The lowest BCUT2D eigenvalue weighted by Gasteiger charge is -2.08. The first-order valence-corrected chi connectivity index (χ1v) is 7.78. The maximum atomic E-state index is 12.2. The minimum absolute atomic E-state index is 0.260. The van der Waals surface area contributed by atoms with Gasteiger partial charge in [0.05, 0.1) is 5.69 Å². The van der Waals surface area contributed by atoms with Gasteiger partial charge >= 0.3 is 6.36 Å². The number of aryl methyl sites for hydroxylation is 1. The lowest BCUT2D eigenvalue weighted by atomic mass is 10.2. The Bertz CT molecular complexity index is 831. The van der Waals surface area contributed by atoms with E-state index < -0.39 is 6.36 Å². The molecule has 2 aromatic heterocycles. The summed E-state index contributed by atoms with van der Waals surface area (Å²) in [6, 6.07) is 9.37. The highest BCUT2D eigenvalue weighted by Gasteiger charge is 2.30. The van der Waals surface area contributed by atoms with Gasteiger partial charge < -0.3 is 10.1 Å². The maximum Gasteiger partial charge on any atom is 0.573 e. The first-order valence-electron chi connectivity index (χ1n) is 6.90. The van der Waals surface area contributed by atoms with Crippen LogP contribution in [-0.4, -0.2) is 16.3 Å². The second kappa shape index (κ2) is 6.48. The predicted octanol–water partition coefficient (Wildman–Crippen LogP) is 5.16. The van der Waals surface area contributed by atoms with Gasteiger partial charge in [-0.05, 0) is 48.9 Å². The molecule has 1 aromatic carbocycles. The molecular weight excluding hydrogens is 339 g/mol. The number of alkyl halides is 3. The number of aromatic nitrogens is 2. The van der Waals surface area contributed by atoms with E-state index in [-0.39, 0.29) is 5.75 Å². The Morgan fingerprint density at radius 2 is 1.88 bits per heavy atom. The number of benzene rings is 1. The van der Waals surface area contributed by atoms with E-state index in [4.69, 9.17) is 0 Å². The molecule has 0 aliphatic heterocycles. The highest BCUT2D eigenvalue weighted by molar-refractivity contribution is 7.14. The molecule has 2 heterocycles. The first-order chi connectivity index (χ1) is 11.4. The van der Waals surface area contributed by atoms with Crippen LogP contribution in [0, 0.1) is 6.92 Å². The molecule has 1 N–H and O–H groups in total. The lowest BCUT2D eigenvalue weighted by molar-refractivity contribution is -0.274. The van der Waals surface area contributed by atoms with E-state index in [1.54, 1.807) is 6.20 Å². The maximum absolute atomic E-state index is 12.2. The molecule has 0 bridgehead atoms. The zero-order valence-electron chi connectivity index (χ0n) is 12.5. The topological polar surface area (TPSA) is 47.0 Å². The number of rotatable bonds is 4. The van der Waals surface area contributed by atoms with E-state index in [0.29, 0.717) is 22.2 Å². The Morgan fingerprint density at radius 1 is 1.12 bits per heavy atom. The summed E-state index contributed by atoms with van der Waals surface area (Å²) >= 11 is 1.39. The molecule has 24 heavy (non-hydrogen) atoms. The summed E-state index contributed by atoms with van der Waals surface area (Å²) in [5.74, 6) is 0.425. The number of halogens is 3. The summed E-state index contributed by atoms with van der Waals surface area (Å²) in [5, 5.41) is 5.57. The van der Waals surface area contributed by atoms with Gasteiger partial charge in [0.2, 0.25) is 0 Å². The van der Waals surface area contributed by atoms with Crippen LogP contribution in [0.5, 0.6) is 5.75 Å². The molecule has 3 aromatic rings. The zero-order chi connectivity index (χ0) is 17.2. The van der Waals surface area contributed by atoms with Gasteiger partial charge in [0.15, 0.2) is 5.13 Å². The molecule has 0 amide bonds. The fraction of sp³-hybridized carbons (Fsp3) is 0.125. The average Bonchev–Trinajstić information content (AvgIpc) is 2.95. The lowest BCUT2D eigenvalue weighted by Crippen LogP contribution is -2.16. The molecule has 3 rings (SSSR count). The van der Waals surface area contributed by atoms with E-state index in [1.807, 2.05) is 24.4 Å². The van der Waals surface area contributed by atoms with Crippen molar-refractivity contribution in [1.29, 1.82) is 0 Å². The SMILES string of the molecule is Cc1ccnc(Nc2nc(-c3ccc(OC(F)(F)F)cc3)cs2)c1. The molecule has 0 saturated carbocycles. The molecule has 124 valence electrons. The van der Waals surface area contributed by atoms with Gasteiger partial charge in [-0.25, -0.2) is 9.97 Å². The number of anilines is 2. The molecule has 0 saturated heterocycles. The highest BCUT2D eigenvalue weighted by atomic mass is 32.1. The summed E-state index contributed by atoms with van der Waals surface area (Å²) in [7, 11) is 0. The van der Waals surface area contributed by atoms with Crippen LogP contribution in [0.4, 0.5) is 24.1 Å². The van der Waals surface area contributed by atoms with Crippen molar-refractivity contribution in [2.75, 3.05) is 5.32 Å². The number of hydrogen-bond acceptors (Lipinski definition) is 5. The normalized spacial score (nSPS) is 11.3. The third-order valence-corrected chi connectivity index (χ3v) is 3.80. The van der Waals surface area contributed by atoms with Crippen LogP contribution in [0.2, 0.25) is 0 Å². The first kappa shape index (κ1) is 16.3. The molecule has 0 spiro atoms. The smallest absolute Gasteiger partial charge is 0.406 e. The monoisotopic (exact) mass is 351 g/mol. The Kier molecular flexibility index (Phi) is 4.39. The molecule has 0 fully saturated rings. The van der Waals surface area contributed by atoms with Crippen LogP contribution in [0.3, 0.4) is 0 Å². The van der Waals surface area contributed by atoms with Gasteiger partial charge in [-0.15, -0.1) is 24.5 Å². The van der Waals surface area contributed by atoms with Crippen LogP contribution >= 0.6 is 11.3 Å². The summed E-state index contributed by atoms with van der Waals surface area (Å²) < 4.78 is 40.3. The highest BCUT2D eigenvalue weighted by Crippen LogP contribution is 2.29. The standard InChI is InChI=1S/C16H12F3N3OS/c1-10-6-7-20-14(8-10)22-15-21-13(9-24-15)11-2-4-12(5-3-11)23-16(17,18)19/h2-9H,1H3,(H,20,21,22). The molecule has 0 aliphatic rings. The van der Waals surface area contributed by atoms with Gasteiger partial charge in [-0.2, -0.15) is 0 Å². The Balaban J connectivity index is 1.73. The minimum atomic E-state index is -4.69. The predicted molar refractivity (Wildman–Crippen MR) is 86.5 cm³/mol. The van der Waals surface area contributed by atoms with Crippen molar-refractivity contribution in [3.8, 4) is 17.0 Å². The third kappa shape index (κ3) is 4.23. The van der Waals surface area contributed by atoms with Crippen LogP contribution in [-0.2, 0) is 0 Å². The number of hydrogen-bond donors (Lipinski definition) is 1. The van der Waals surface area contributed by atoms with Crippen molar-refractivity contribution >= 4 is 22.3 Å². The second-order valence-corrected chi connectivity index (χ2v) is 5.81. The number of ether oxygens (including phenoxy) is 1. The summed E-state index contributed by atoms with van der Waals surface area (Å²) in [6.07, 6.45) is -2.99. The van der Waals surface area contributed by atoms with E-state index in [2.05, 4.69) is 20.0 Å². The van der Waals surface area contributed by atoms with E-state index in [1.165, 1.54) is 35.6 Å². The molecule has 0 unspecified atom stereocenters. The van der Waals surface area contributed by atoms with Crippen LogP contribution in [0.1, 0.15) is 5.56 Å². The van der Waals surface area contributed by atoms with Crippen molar-refractivity contribution in [2.45, 2.75) is 13.3 Å². The molecule has 4 nitrogen and oxygen atoms in total. The Morgan fingerprint density at radius 3 is 2.54 bits per heavy atom. The van der Waals surface area contributed by atoms with Crippen LogP contribution in [0.25, 0.3) is 11.3 Å². The Labute approximate surface area is 140 Å². The van der Waals surface area contributed by atoms with Crippen molar-refractivity contribution < 1.29 is 17.9 Å². The molecule has 0 atom stereocenters. The summed E-state index contributed by atoms with van der Waals surface area (Å²) in [5.41, 5.74) is 2.43. The van der Waals surface area contributed by atoms with E-state index in [0.717, 1.165) is 5.56 Å². The van der Waals surface area contributed by atoms with Gasteiger partial charge in [0.25, 0.3) is 0 Å². The number of thiazole rings is 1. The molecule has 0 aliphatic carbocycles. The van der Waals surface area contributed by atoms with Gasteiger partial charge in [-0.1, -0.05) is 0 Å². The zero-order valence-corrected chi connectivity index (χ0v) is 13.3. The molecule has 8 heteroatoms. The third-order valence-electron chi connectivity index (χ3n) is 3.04. The molecule has 0 radical (unpaired) electrons. The van der Waals surface area contributed by atoms with Crippen molar-refractivity contribution in [3.63, 3.8) is 0 Å². The van der Waals surface area contributed by atoms with E-state index in [9.17, 15) is 13.2 Å². The number of nitrogens with zero attached hydrogens (tertiary/aromatic N) is 2. The largest absolute Gasteiger partial charge is 0.573 e. The summed E-state index contributed by atoms with van der Waals surface area (Å²) in [6.45, 7) is 1.96. The fourth-order valence-electron chi connectivity index (χ4n) is 2.01. The van der Waals surface area contributed by atoms with Crippen molar-refractivity contribution in [2.24, 2.45) is 0 Å². The van der Waals surface area contributed by atoms with Crippen LogP contribution in [0.15, 0.2) is 48.0 Å². The van der Waals surface area contributed by atoms with E-state index >= 15 is 0 Å². The van der Waals surface area contributed by atoms with Crippen molar-refractivity contribution in [3.05, 3.63) is 53.5 Å². The van der Waals surface area contributed by atoms with Gasteiger partial charge in [0, 0.05) is 17.1 Å². The summed E-state index contributed by atoms with van der Waals surface area (Å²) in [4.78, 5) is 8.61. The molecular formula is C16H12F3N3OS.